The molecule has 88 valence electrons. The number of nitrogens with one attached hydrogen (secondary N) is 1. The van der Waals surface area contributed by atoms with Crippen LogP contribution in [0.5, 0.6) is 0 Å². The molecule has 2 rings (SSSR count). The van der Waals surface area contributed by atoms with E-state index in [9.17, 15) is 8.42 Å². The molecule has 1 aliphatic rings. The van der Waals surface area contributed by atoms with Gasteiger partial charge in [-0.2, -0.15) is 0 Å². The smallest absolute Gasteiger partial charge is 0.208 e. The molecule has 1 aliphatic carbocycles. The zero-order valence-corrected chi connectivity index (χ0v) is 10.2. The molecule has 4 heteroatoms. The van der Waals surface area contributed by atoms with E-state index in [0.29, 0.717) is 10.8 Å². The summed E-state index contributed by atoms with van der Waals surface area (Å²) in [5.74, 6) is 0.512. The number of rotatable bonds is 4. The van der Waals surface area contributed by atoms with Crippen LogP contribution >= 0.6 is 0 Å². The van der Waals surface area contributed by atoms with Crippen molar-refractivity contribution in [2.45, 2.75) is 37.1 Å². The van der Waals surface area contributed by atoms with Crippen LogP contribution in [0.2, 0.25) is 0 Å². The first kappa shape index (κ1) is 11.6. The normalized spacial score (nSPS) is 19.1. The number of hydrogen-bond acceptors (Lipinski definition) is 2. The lowest BCUT2D eigenvalue weighted by Crippen LogP contribution is -2.40. The number of sulfonamides is 1. The summed E-state index contributed by atoms with van der Waals surface area (Å²) in [6.45, 7) is 1.95. The van der Waals surface area contributed by atoms with E-state index in [1.165, 1.54) is 6.42 Å². The summed E-state index contributed by atoms with van der Waals surface area (Å²) in [6, 6.07) is 8.57. The fraction of sp³-hybridized carbons (Fsp3) is 0.500. The minimum Gasteiger partial charge on any atom is -0.208 e. The zero-order chi connectivity index (χ0) is 11.6. The van der Waals surface area contributed by atoms with Gasteiger partial charge in [-0.25, -0.2) is 13.1 Å². The summed E-state index contributed by atoms with van der Waals surface area (Å²) in [4.78, 5) is 0.348. The van der Waals surface area contributed by atoms with Gasteiger partial charge in [-0.1, -0.05) is 24.6 Å². The third-order valence-electron chi connectivity index (χ3n) is 3.25. The van der Waals surface area contributed by atoms with E-state index in [4.69, 9.17) is 0 Å². The Morgan fingerprint density at radius 1 is 1.25 bits per heavy atom. The molecular weight excluding hydrogens is 222 g/mol. The molecule has 1 atom stereocenters. The van der Waals surface area contributed by atoms with Crippen molar-refractivity contribution in [3.05, 3.63) is 30.3 Å². The molecule has 0 radical (unpaired) electrons. The summed E-state index contributed by atoms with van der Waals surface area (Å²) in [6.07, 6.45) is 3.50. The van der Waals surface area contributed by atoms with Crippen molar-refractivity contribution in [1.29, 1.82) is 0 Å². The molecule has 1 fully saturated rings. The first-order valence-corrected chi connectivity index (χ1v) is 7.15. The molecule has 0 aliphatic heterocycles. The van der Waals surface area contributed by atoms with Crippen LogP contribution in [0.3, 0.4) is 0 Å². The number of hydrogen-bond donors (Lipinski definition) is 1. The lowest BCUT2D eigenvalue weighted by atomic mass is 9.81. The van der Waals surface area contributed by atoms with Crippen molar-refractivity contribution >= 4 is 10.0 Å². The largest absolute Gasteiger partial charge is 0.240 e. The Morgan fingerprint density at radius 3 is 2.38 bits per heavy atom. The highest BCUT2D eigenvalue weighted by Gasteiger charge is 2.27. The minimum atomic E-state index is -3.33. The van der Waals surface area contributed by atoms with Gasteiger partial charge in [0.25, 0.3) is 0 Å². The lowest BCUT2D eigenvalue weighted by Gasteiger charge is -2.31. The minimum absolute atomic E-state index is 0.0407. The SMILES string of the molecule is CC(NS(=O)(=O)c1ccccc1)C1CCC1. The Labute approximate surface area is 96.9 Å². The van der Waals surface area contributed by atoms with Crippen LogP contribution in [-0.4, -0.2) is 14.5 Å². The van der Waals surface area contributed by atoms with Crippen molar-refractivity contribution in [2.24, 2.45) is 5.92 Å². The number of benzene rings is 1. The topological polar surface area (TPSA) is 46.2 Å². The van der Waals surface area contributed by atoms with Crippen molar-refractivity contribution in [3.8, 4) is 0 Å². The fourth-order valence-electron chi connectivity index (χ4n) is 1.95. The van der Waals surface area contributed by atoms with Crippen LogP contribution in [0, 0.1) is 5.92 Å². The van der Waals surface area contributed by atoms with E-state index in [2.05, 4.69) is 4.72 Å². The van der Waals surface area contributed by atoms with Gasteiger partial charge in [0, 0.05) is 6.04 Å². The van der Waals surface area contributed by atoms with Crippen LogP contribution in [-0.2, 0) is 10.0 Å². The summed E-state index contributed by atoms with van der Waals surface area (Å²) >= 11 is 0. The highest BCUT2D eigenvalue weighted by atomic mass is 32.2. The predicted molar refractivity (Wildman–Crippen MR) is 63.6 cm³/mol. The van der Waals surface area contributed by atoms with Gasteiger partial charge in [0.05, 0.1) is 4.90 Å². The second kappa shape index (κ2) is 4.55. The predicted octanol–water partition coefficient (Wildman–Crippen LogP) is 2.15. The third kappa shape index (κ3) is 2.44. The van der Waals surface area contributed by atoms with E-state index in [-0.39, 0.29) is 6.04 Å². The van der Waals surface area contributed by atoms with Crippen molar-refractivity contribution in [1.82, 2.24) is 4.72 Å². The highest BCUT2D eigenvalue weighted by molar-refractivity contribution is 7.89. The molecule has 16 heavy (non-hydrogen) atoms. The molecule has 0 amide bonds. The molecule has 1 saturated carbocycles. The molecule has 0 bridgehead atoms. The molecule has 0 aromatic heterocycles. The average molecular weight is 239 g/mol. The van der Waals surface area contributed by atoms with Gasteiger partial charge < -0.3 is 0 Å². The van der Waals surface area contributed by atoms with Gasteiger partial charge in [0.1, 0.15) is 0 Å². The van der Waals surface area contributed by atoms with Gasteiger partial charge in [-0.05, 0) is 37.8 Å². The monoisotopic (exact) mass is 239 g/mol. The van der Waals surface area contributed by atoms with E-state index in [1.807, 2.05) is 13.0 Å². The van der Waals surface area contributed by atoms with Gasteiger partial charge in [0.2, 0.25) is 10.0 Å². The van der Waals surface area contributed by atoms with Crippen molar-refractivity contribution < 1.29 is 8.42 Å². The Hall–Kier alpha value is -0.870. The lowest BCUT2D eigenvalue weighted by molar-refractivity contribution is 0.260. The molecule has 1 aromatic rings. The summed E-state index contributed by atoms with van der Waals surface area (Å²) < 4.78 is 26.7. The third-order valence-corrected chi connectivity index (χ3v) is 4.83. The Bertz CT molecular complexity index is 437. The molecule has 0 heterocycles. The van der Waals surface area contributed by atoms with E-state index >= 15 is 0 Å². The van der Waals surface area contributed by atoms with Crippen LogP contribution in [0.15, 0.2) is 35.2 Å². The van der Waals surface area contributed by atoms with Crippen molar-refractivity contribution in [2.75, 3.05) is 0 Å². The average Bonchev–Trinajstić information content (AvgIpc) is 2.15. The van der Waals surface area contributed by atoms with Gasteiger partial charge in [0.15, 0.2) is 0 Å². The standard InChI is InChI=1S/C12H17NO2S/c1-10(11-6-5-7-11)13-16(14,15)12-8-3-2-4-9-12/h2-4,8-11,13H,5-7H2,1H3. The molecule has 1 aromatic carbocycles. The quantitative estimate of drug-likeness (QED) is 0.875. The Balaban J connectivity index is 2.08. The van der Waals surface area contributed by atoms with Gasteiger partial charge in [-0.15, -0.1) is 0 Å². The summed E-state index contributed by atoms with van der Waals surface area (Å²) in [5, 5.41) is 0. The summed E-state index contributed by atoms with van der Waals surface area (Å²) in [7, 11) is -3.33. The van der Waals surface area contributed by atoms with Crippen LogP contribution in [0.25, 0.3) is 0 Å². The molecule has 0 spiro atoms. The maximum Gasteiger partial charge on any atom is 0.240 e. The molecule has 1 unspecified atom stereocenters. The molecule has 1 N–H and O–H groups in total. The highest BCUT2D eigenvalue weighted by Crippen LogP contribution is 2.30. The zero-order valence-electron chi connectivity index (χ0n) is 9.39. The Morgan fingerprint density at radius 2 is 1.88 bits per heavy atom. The van der Waals surface area contributed by atoms with Crippen LogP contribution in [0.1, 0.15) is 26.2 Å². The van der Waals surface area contributed by atoms with Gasteiger partial charge >= 0.3 is 0 Å². The Kier molecular flexibility index (Phi) is 3.30. The van der Waals surface area contributed by atoms with E-state index < -0.39 is 10.0 Å². The van der Waals surface area contributed by atoms with E-state index in [0.717, 1.165) is 12.8 Å². The summed E-state index contributed by atoms with van der Waals surface area (Å²) in [5.41, 5.74) is 0. The van der Waals surface area contributed by atoms with E-state index in [1.54, 1.807) is 24.3 Å². The van der Waals surface area contributed by atoms with Crippen molar-refractivity contribution in [3.63, 3.8) is 0 Å². The fourth-order valence-corrected chi connectivity index (χ4v) is 3.28. The molecular formula is C12H17NO2S. The maximum atomic E-state index is 12.0. The first-order valence-electron chi connectivity index (χ1n) is 5.67. The van der Waals surface area contributed by atoms with Crippen LogP contribution < -0.4 is 4.72 Å². The molecule has 3 nitrogen and oxygen atoms in total. The van der Waals surface area contributed by atoms with Crippen LogP contribution in [0.4, 0.5) is 0 Å². The van der Waals surface area contributed by atoms with Gasteiger partial charge in [-0.3, -0.25) is 0 Å². The second-order valence-corrected chi connectivity index (χ2v) is 6.13. The first-order chi connectivity index (χ1) is 7.59. The maximum absolute atomic E-state index is 12.0. The molecule has 0 saturated heterocycles. The second-order valence-electron chi connectivity index (χ2n) is 4.41.